The SMILES string of the molecule is Cc1ccc(N2CC(C(=O)Nc3cccc([N+](=O)[O-])c3)CC2=O)cc1F. The highest BCUT2D eigenvalue weighted by atomic mass is 19.1. The van der Waals surface area contributed by atoms with Crippen LogP contribution < -0.4 is 10.2 Å². The van der Waals surface area contributed by atoms with Crippen LogP contribution in [0.1, 0.15) is 12.0 Å². The number of benzene rings is 2. The van der Waals surface area contributed by atoms with Gasteiger partial charge >= 0.3 is 0 Å². The van der Waals surface area contributed by atoms with E-state index in [1.165, 1.54) is 35.2 Å². The summed E-state index contributed by atoms with van der Waals surface area (Å²) in [7, 11) is 0. The van der Waals surface area contributed by atoms with Gasteiger partial charge in [-0.3, -0.25) is 19.7 Å². The average Bonchev–Trinajstić information content (AvgIpc) is 2.99. The summed E-state index contributed by atoms with van der Waals surface area (Å²) in [4.78, 5) is 36.2. The number of nitro benzene ring substituents is 1. The molecule has 1 fully saturated rings. The number of aryl methyl sites for hydroxylation is 1. The van der Waals surface area contributed by atoms with Gasteiger partial charge in [-0.15, -0.1) is 0 Å². The molecule has 1 heterocycles. The molecule has 1 aliphatic heterocycles. The summed E-state index contributed by atoms with van der Waals surface area (Å²) in [5.41, 5.74) is 1.03. The third kappa shape index (κ3) is 3.53. The Balaban J connectivity index is 1.71. The van der Waals surface area contributed by atoms with Gasteiger partial charge in [-0.2, -0.15) is 0 Å². The van der Waals surface area contributed by atoms with Crippen molar-refractivity contribution in [3.63, 3.8) is 0 Å². The zero-order valence-corrected chi connectivity index (χ0v) is 13.9. The summed E-state index contributed by atoms with van der Waals surface area (Å²) >= 11 is 0. The number of nitrogens with one attached hydrogen (secondary N) is 1. The first kappa shape index (κ1) is 17.5. The van der Waals surface area contributed by atoms with Crippen LogP contribution in [0.4, 0.5) is 21.5 Å². The molecule has 1 atom stereocenters. The predicted molar refractivity (Wildman–Crippen MR) is 93.3 cm³/mol. The maximum Gasteiger partial charge on any atom is 0.271 e. The van der Waals surface area contributed by atoms with E-state index in [9.17, 15) is 24.1 Å². The molecule has 1 N–H and O–H groups in total. The number of hydrogen-bond acceptors (Lipinski definition) is 4. The smallest absolute Gasteiger partial charge is 0.271 e. The van der Waals surface area contributed by atoms with E-state index in [2.05, 4.69) is 5.32 Å². The van der Waals surface area contributed by atoms with Crippen LogP contribution in [0.2, 0.25) is 0 Å². The summed E-state index contributed by atoms with van der Waals surface area (Å²) in [6.07, 6.45) is -0.00371. The Hall–Kier alpha value is -3.29. The molecule has 0 bridgehead atoms. The second-order valence-electron chi connectivity index (χ2n) is 6.14. The van der Waals surface area contributed by atoms with Crippen molar-refractivity contribution in [2.75, 3.05) is 16.8 Å². The lowest BCUT2D eigenvalue weighted by Crippen LogP contribution is -2.28. The minimum Gasteiger partial charge on any atom is -0.326 e. The van der Waals surface area contributed by atoms with Crippen LogP contribution >= 0.6 is 0 Å². The molecule has 2 aromatic carbocycles. The second-order valence-corrected chi connectivity index (χ2v) is 6.14. The first-order valence-corrected chi connectivity index (χ1v) is 7.97. The number of rotatable bonds is 4. The number of nitrogens with zero attached hydrogens (tertiary/aromatic N) is 2. The molecule has 1 saturated heterocycles. The van der Waals surface area contributed by atoms with E-state index < -0.39 is 22.6 Å². The van der Waals surface area contributed by atoms with E-state index in [-0.39, 0.29) is 30.2 Å². The molecule has 0 aliphatic carbocycles. The molecule has 26 heavy (non-hydrogen) atoms. The first-order chi connectivity index (χ1) is 12.3. The van der Waals surface area contributed by atoms with Crippen molar-refractivity contribution < 1.29 is 18.9 Å². The lowest BCUT2D eigenvalue weighted by molar-refractivity contribution is -0.384. The molecule has 2 aromatic rings. The third-order valence-electron chi connectivity index (χ3n) is 4.29. The number of non-ortho nitro benzene ring substituents is 1. The summed E-state index contributed by atoms with van der Waals surface area (Å²) < 4.78 is 13.7. The number of anilines is 2. The minimum absolute atomic E-state index is 0.00371. The lowest BCUT2D eigenvalue weighted by atomic mass is 10.1. The normalized spacial score (nSPS) is 16.6. The molecule has 3 rings (SSSR count). The Morgan fingerprint density at radius 3 is 2.77 bits per heavy atom. The summed E-state index contributed by atoms with van der Waals surface area (Å²) in [6, 6.07) is 10.1. The van der Waals surface area contributed by atoms with Gasteiger partial charge in [0, 0.05) is 36.5 Å². The predicted octanol–water partition coefficient (Wildman–Crippen LogP) is 3.03. The molecule has 7 nitrogen and oxygen atoms in total. The van der Waals surface area contributed by atoms with Gasteiger partial charge in [0.15, 0.2) is 0 Å². The Labute approximate surface area is 148 Å². The fraction of sp³-hybridized carbons (Fsp3) is 0.222. The van der Waals surface area contributed by atoms with Crippen molar-refractivity contribution in [1.29, 1.82) is 0 Å². The molecule has 0 saturated carbocycles. The second kappa shape index (κ2) is 6.91. The summed E-state index contributed by atoms with van der Waals surface area (Å²) in [6.45, 7) is 1.75. The van der Waals surface area contributed by atoms with E-state index in [1.54, 1.807) is 19.1 Å². The van der Waals surface area contributed by atoms with Crippen molar-refractivity contribution in [2.24, 2.45) is 5.92 Å². The van der Waals surface area contributed by atoms with Crippen molar-refractivity contribution in [1.82, 2.24) is 0 Å². The highest BCUT2D eigenvalue weighted by molar-refractivity contribution is 6.03. The van der Waals surface area contributed by atoms with Crippen LogP contribution in [0.25, 0.3) is 0 Å². The number of hydrogen-bond donors (Lipinski definition) is 1. The summed E-state index contributed by atoms with van der Waals surface area (Å²) in [5, 5.41) is 13.4. The maximum atomic E-state index is 13.7. The topological polar surface area (TPSA) is 92.6 Å². The molecule has 8 heteroatoms. The average molecular weight is 357 g/mol. The monoisotopic (exact) mass is 357 g/mol. The van der Waals surface area contributed by atoms with Gasteiger partial charge in [0.2, 0.25) is 11.8 Å². The maximum absolute atomic E-state index is 13.7. The number of carbonyl (C=O) groups is 2. The van der Waals surface area contributed by atoms with Crippen molar-refractivity contribution in [3.05, 3.63) is 64.0 Å². The number of amides is 2. The van der Waals surface area contributed by atoms with E-state index >= 15 is 0 Å². The van der Waals surface area contributed by atoms with Crippen LogP contribution in [0.3, 0.4) is 0 Å². The Morgan fingerprint density at radius 1 is 1.31 bits per heavy atom. The third-order valence-corrected chi connectivity index (χ3v) is 4.29. The molecule has 134 valence electrons. The van der Waals surface area contributed by atoms with Gasteiger partial charge in [0.25, 0.3) is 5.69 Å². The van der Waals surface area contributed by atoms with Crippen molar-refractivity contribution in [2.45, 2.75) is 13.3 Å². The van der Waals surface area contributed by atoms with Crippen LogP contribution in [-0.2, 0) is 9.59 Å². The molecular weight excluding hydrogens is 341 g/mol. The fourth-order valence-electron chi connectivity index (χ4n) is 2.82. The zero-order chi connectivity index (χ0) is 18.8. The molecular formula is C18H16FN3O4. The molecule has 1 aliphatic rings. The molecule has 0 radical (unpaired) electrons. The quantitative estimate of drug-likeness (QED) is 0.672. The lowest BCUT2D eigenvalue weighted by Gasteiger charge is -2.17. The standard InChI is InChI=1S/C18H16FN3O4/c1-11-5-6-14(9-16(11)19)21-10-12(7-17(21)23)18(24)20-13-3-2-4-15(8-13)22(25)26/h2-6,8-9,12H,7,10H2,1H3,(H,20,24). The van der Waals surface area contributed by atoms with Crippen LogP contribution in [0, 0.1) is 28.8 Å². The van der Waals surface area contributed by atoms with Crippen LogP contribution in [0.5, 0.6) is 0 Å². The van der Waals surface area contributed by atoms with E-state index in [1.807, 2.05) is 0 Å². The van der Waals surface area contributed by atoms with Crippen LogP contribution in [-0.4, -0.2) is 23.3 Å². The van der Waals surface area contributed by atoms with Gasteiger partial charge in [0.05, 0.1) is 10.8 Å². The number of halogens is 1. The largest absolute Gasteiger partial charge is 0.326 e. The zero-order valence-electron chi connectivity index (χ0n) is 13.9. The highest BCUT2D eigenvalue weighted by Crippen LogP contribution is 2.27. The Morgan fingerprint density at radius 2 is 2.08 bits per heavy atom. The molecule has 2 amide bonds. The van der Waals surface area contributed by atoms with Gasteiger partial charge in [-0.1, -0.05) is 12.1 Å². The van der Waals surface area contributed by atoms with Gasteiger partial charge in [-0.05, 0) is 30.7 Å². The Kier molecular flexibility index (Phi) is 4.66. The van der Waals surface area contributed by atoms with Gasteiger partial charge in [-0.25, -0.2) is 4.39 Å². The van der Waals surface area contributed by atoms with Crippen molar-refractivity contribution >= 4 is 28.9 Å². The van der Waals surface area contributed by atoms with Gasteiger partial charge in [0.1, 0.15) is 5.82 Å². The number of nitro groups is 1. The van der Waals surface area contributed by atoms with Gasteiger partial charge < -0.3 is 10.2 Å². The van der Waals surface area contributed by atoms with E-state index in [4.69, 9.17) is 0 Å². The van der Waals surface area contributed by atoms with Crippen LogP contribution in [0.15, 0.2) is 42.5 Å². The van der Waals surface area contributed by atoms with E-state index in [0.717, 1.165) is 0 Å². The van der Waals surface area contributed by atoms with Crippen molar-refractivity contribution in [3.8, 4) is 0 Å². The highest BCUT2D eigenvalue weighted by Gasteiger charge is 2.35. The minimum atomic E-state index is -0.619. The molecule has 1 unspecified atom stereocenters. The fourth-order valence-corrected chi connectivity index (χ4v) is 2.82. The van der Waals surface area contributed by atoms with E-state index in [0.29, 0.717) is 11.3 Å². The number of carbonyl (C=O) groups excluding carboxylic acids is 2. The molecule has 0 spiro atoms. The summed E-state index contributed by atoms with van der Waals surface area (Å²) in [5.74, 6) is -1.72. The Bertz CT molecular complexity index is 900. The first-order valence-electron chi connectivity index (χ1n) is 7.97. The molecule has 0 aromatic heterocycles.